The zero-order chi connectivity index (χ0) is 15.5. The highest BCUT2D eigenvalue weighted by molar-refractivity contribution is 7.89. The Kier molecular flexibility index (Phi) is 5.91. The van der Waals surface area contributed by atoms with Crippen LogP contribution in [0.1, 0.15) is 38.2 Å². The molecule has 0 unspecified atom stereocenters. The van der Waals surface area contributed by atoms with Crippen molar-refractivity contribution in [2.24, 2.45) is 0 Å². The molecule has 0 aliphatic heterocycles. The van der Waals surface area contributed by atoms with Gasteiger partial charge in [0.05, 0.1) is 5.02 Å². The molecule has 4 nitrogen and oxygen atoms in total. The Morgan fingerprint density at radius 2 is 2.00 bits per heavy atom. The first-order valence-corrected chi connectivity index (χ1v) is 9.39. The van der Waals surface area contributed by atoms with Gasteiger partial charge in [-0.25, -0.2) is 13.1 Å². The molecule has 0 bridgehead atoms. The molecule has 1 fully saturated rings. The summed E-state index contributed by atoms with van der Waals surface area (Å²) < 4.78 is 27.5. The third-order valence-corrected chi connectivity index (χ3v) is 6.06. The van der Waals surface area contributed by atoms with Crippen LogP contribution in [0.4, 0.5) is 0 Å². The number of hydrogen-bond acceptors (Lipinski definition) is 3. The van der Waals surface area contributed by atoms with E-state index in [9.17, 15) is 8.42 Å². The van der Waals surface area contributed by atoms with Crippen LogP contribution < -0.4 is 10.0 Å². The van der Waals surface area contributed by atoms with Gasteiger partial charge < -0.3 is 5.32 Å². The molecule has 0 heterocycles. The van der Waals surface area contributed by atoms with Crippen molar-refractivity contribution < 1.29 is 8.42 Å². The summed E-state index contributed by atoms with van der Waals surface area (Å²) in [7, 11) is -3.59. The number of sulfonamides is 1. The van der Waals surface area contributed by atoms with E-state index >= 15 is 0 Å². The summed E-state index contributed by atoms with van der Waals surface area (Å²) in [6, 6.07) is 3.09. The minimum atomic E-state index is -3.59. The molecule has 0 radical (unpaired) electrons. The third-order valence-electron chi connectivity index (χ3n) is 3.60. The van der Waals surface area contributed by atoms with Gasteiger partial charge in [0.25, 0.3) is 0 Å². The van der Waals surface area contributed by atoms with Crippen molar-refractivity contribution in [2.45, 2.75) is 50.1 Å². The van der Waals surface area contributed by atoms with Crippen molar-refractivity contribution in [1.29, 1.82) is 0 Å². The van der Waals surface area contributed by atoms with Gasteiger partial charge >= 0.3 is 0 Å². The van der Waals surface area contributed by atoms with Gasteiger partial charge in [-0.1, -0.05) is 36.5 Å². The fraction of sp³-hybridized carbons (Fsp3) is 0.571. The molecule has 0 atom stereocenters. The molecule has 0 amide bonds. The topological polar surface area (TPSA) is 58.2 Å². The molecule has 1 aromatic carbocycles. The molecular weight excluding hydrogens is 331 g/mol. The first-order valence-electron chi connectivity index (χ1n) is 7.15. The summed E-state index contributed by atoms with van der Waals surface area (Å²) in [5, 5.41) is 3.88. The summed E-state index contributed by atoms with van der Waals surface area (Å²) in [6.45, 7) is 3.34. The average Bonchev–Trinajstić information content (AvgIpc) is 2.38. The van der Waals surface area contributed by atoms with Gasteiger partial charge in [-0.15, -0.1) is 0 Å². The van der Waals surface area contributed by atoms with E-state index in [1.807, 2.05) is 0 Å². The van der Waals surface area contributed by atoms with E-state index in [0.717, 1.165) is 32.2 Å². The summed E-state index contributed by atoms with van der Waals surface area (Å²) in [5.74, 6) is 0. The molecule has 0 spiro atoms. The van der Waals surface area contributed by atoms with Gasteiger partial charge in [0.2, 0.25) is 10.0 Å². The minimum absolute atomic E-state index is 0.0309. The summed E-state index contributed by atoms with van der Waals surface area (Å²) in [5.41, 5.74) is 0.628. The lowest BCUT2D eigenvalue weighted by Crippen LogP contribution is -2.39. The second kappa shape index (κ2) is 7.29. The van der Waals surface area contributed by atoms with Crippen LogP contribution in [0.2, 0.25) is 10.0 Å². The van der Waals surface area contributed by atoms with E-state index in [1.54, 1.807) is 6.07 Å². The van der Waals surface area contributed by atoms with E-state index in [-0.39, 0.29) is 16.0 Å². The molecule has 2 rings (SSSR count). The number of benzene rings is 1. The Hall–Kier alpha value is -0.330. The second-order valence-corrected chi connectivity index (χ2v) is 7.73. The zero-order valence-corrected chi connectivity index (χ0v) is 14.3. The lowest BCUT2D eigenvalue weighted by atomic mass is 9.94. The van der Waals surface area contributed by atoms with Crippen LogP contribution >= 0.6 is 23.2 Å². The molecule has 1 saturated carbocycles. The van der Waals surface area contributed by atoms with Crippen molar-refractivity contribution in [3.05, 3.63) is 27.7 Å². The first-order chi connectivity index (χ1) is 9.95. The molecule has 0 saturated heterocycles. The highest BCUT2D eigenvalue weighted by Gasteiger charge is 2.27. The number of hydrogen-bond donors (Lipinski definition) is 2. The predicted octanol–water partition coefficient (Wildman–Crippen LogP) is 3.32. The lowest BCUT2D eigenvalue weighted by molar-refractivity contribution is 0.383. The molecule has 1 aliphatic rings. The van der Waals surface area contributed by atoms with Crippen molar-refractivity contribution in [2.75, 3.05) is 6.54 Å². The Morgan fingerprint density at radius 3 is 2.57 bits per heavy atom. The molecule has 0 aromatic heterocycles. The number of nitrogens with one attached hydrogen (secondary N) is 2. The van der Waals surface area contributed by atoms with Crippen molar-refractivity contribution >= 4 is 33.2 Å². The number of halogens is 2. The molecular formula is C14H20Cl2N2O2S. The second-order valence-electron chi connectivity index (χ2n) is 5.26. The molecule has 1 aliphatic carbocycles. The monoisotopic (exact) mass is 350 g/mol. The largest absolute Gasteiger partial charge is 0.313 e. The Balaban J connectivity index is 2.24. The molecule has 21 heavy (non-hydrogen) atoms. The van der Waals surface area contributed by atoms with Gasteiger partial charge in [0.15, 0.2) is 0 Å². The summed E-state index contributed by atoms with van der Waals surface area (Å²) in [6.07, 6.45) is 3.81. The van der Waals surface area contributed by atoms with Crippen LogP contribution in [0.25, 0.3) is 0 Å². The Labute approximate surface area is 136 Å². The molecule has 118 valence electrons. The van der Waals surface area contributed by atoms with Crippen LogP contribution in [0.15, 0.2) is 17.0 Å². The molecule has 2 N–H and O–H groups in total. The summed E-state index contributed by atoms with van der Waals surface area (Å²) in [4.78, 5) is 0.105. The molecule has 1 aromatic rings. The number of rotatable bonds is 7. The quantitative estimate of drug-likeness (QED) is 0.741. The van der Waals surface area contributed by atoms with E-state index in [2.05, 4.69) is 17.0 Å². The van der Waals surface area contributed by atoms with Crippen LogP contribution in [-0.2, 0) is 16.6 Å². The SMILES string of the molecule is CCCNCc1c(Cl)ccc(S(=O)(=O)NC2CCC2)c1Cl. The van der Waals surface area contributed by atoms with E-state index in [4.69, 9.17) is 23.2 Å². The maximum Gasteiger partial charge on any atom is 0.242 e. The van der Waals surface area contributed by atoms with Crippen molar-refractivity contribution in [3.63, 3.8) is 0 Å². The lowest BCUT2D eigenvalue weighted by Gasteiger charge is -2.26. The van der Waals surface area contributed by atoms with Crippen LogP contribution in [0.3, 0.4) is 0 Å². The highest BCUT2D eigenvalue weighted by Crippen LogP contribution is 2.32. The minimum Gasteiger partial charge on any atom is -0.313 e. The van der Waals surface area contributed by atoms with Crippen LogP contribution in [0.5, 0.6) is 0 Å². The highest BCUT2D eigenvalue weighted by atomic mass is 35.5. The Bertz CT molecular complexity index is 601. The van der Waals surface area contributed by atoms with Crippen LogP contribution in [-0.4, -0.2) is 21.0 Å². The Morgan fingerprint density at radius 1 is 1.29 bits per heavy atom. The van der Waals surface area contributed by atoms with E-state index in [1.165, 1.54) is 6.07 Å². The standard InChI is InChI=1S/C14H20Cl2N2O2S/c1-2-8-17-9-11-12(15)6-7-13(14(11)16)21(19,20)18-10-4-3-5-10/h6-7,10,17-18H,2-5,8-9H2,1H3. The van der Waals surface area contributed by atoms with Crippen molar-refractivity contribution in [3.8, 4) is 0 Å². The van der Waals surface area contributed by atoms with E-state index < -0.39 is 10.0 Å². The zero-order valence-electron chi connectivity index (χ0n) is 12.0. The average molecular weight is 351 g/mol. The van der Waals surface area contributed by atoms with Crippen LogP contribution in [0, 0.1) is 0 Å². The normalized spacial score (nSPS) is 16.0. The van der Waals surface area contributed by atoms with Gasteiger partial charge in [-0.3, -0.25) is 0 Å². The van der Waals surface area contributed by atoms with Gasteiger partial charge in [-0.05, 0) is 37.9 Å². The summed E-state index contributed by atoms with van der Waals surface area (Å²) >= 11 is 12.4. The van der Waals surface area contributed by atoms with Gasteiger partial charge in [0, 0.05) is 23.2 Å². The first kappa shape index (κ1) is 17.0. The maximum absolute atomic E-state index is 12.4. The molecule has 7 heteroatoms. The fourth-order valence-corrected chi connectivity index (χ4v) is 4.36. The van der Waals surface area contributed by atoms with E-state index in [0.29, 0.717) is 17.1 Å². The van der Waals surface area contributed by atoms with Gasteiger partial charge in [-0.2, -0.15) is 0 Å². The smallest absolute Gasteiger partial charge is 0.242 e. The van der Waals surface area contributed by atoms with Gasteiger partial charge in [0.1, 0.15) is 4.90 Å². The third kappa shape index (κ3) is 4.11. The predicted molar refractivity (Wildman–Crippen MR) is 86.4 cm³/mol. The fourth-order valence-electron chi connectivity index (χ4n) is 2.14. The van der Waals surface area contributed by atoms with Crippen molar-refractivity contribution in [1.82, 2.24) is 10.0 Å². The maximum atomic E-state index is 12.4.